The van der Waals surface area contributed by atoms with Gasteiger partial charge in [0.15, 0.2) is 0 Å². The molecule has 0 heterocycles. The van der Waals surface area contributed by atoms with Crippen LogP contribution in [0.2, 0.25) is 0 Å². The fraction of sp³-hybridized carbons (Fsp3) is 0.143. The topological polar surface area (TPSA) is 82.1 Å². The molecule has 0 saturated carbocycles. The molecule has 1 atom stereocenters. The van der Waals surface area contributed by atoms with Gasteiger partial charge >= 0.3 is 137 Å². The number of ether oxygens (including phenoxy) is 2. The van der Waals surface area contributed by atoms with E-state index in [1.807, 2.05) is 0 Å². The first-order valence-corrected chi connectivity index (χ1v) is 11.7. The van der Waals surface area contributed by atoms with Crippen LogP contribution >= 0.6 is 26.7 Å². The molecular weight excluding hydrogens is 441 g/mol. The van der Waals surface area contributed by atoms with Crippen LogP contribution in [0.5, 0.6) is 11.5 Å². The molecule has 0 aliphatic rings. The average Bonchev–Trinajstić information content (AvgIpc) is 2.53. The molecule has 2 aromatic rings. The molecule has 2 aromatic carbocycles. The van der Waals surface area contributed by atoms with Crippen molar-refractivity contribution in [1.82, 2.24) is 0 Å². The third-order valence-corrected chi connectivity index (χ3v) is 11.1. The number of methoxy groups -OCH3 is 2. The van der Waals surface area contributed by atoms with E-state index in [0.717, 1.165) is 0 Å². The molecular formula is C14H15FIO6P. The first-order chi connectivity index (χ1) is 10.8. The molecule has 0 aromatic heterocycles. The monoisotopic (exact) mass is 456 g/mol. The summed E-state index contributed by atoms with van der Waals surface area (Å²) in [7, 11) is -2.53. The first-order valence-electron chi connectivity index (χ1n) is 6.29. The molecule has 126 valence electrons. The summed E-state index contributed by atoms with van der Waals surface area (Å²) in [4.78, 5) is 8.94. The second kappa shape index (κ2) is 7.04. The third-order valence-electron chi connectivity index (χ3n) is 2.86. The molecule has 0 fully saturated rings. The average molecular weight is 456 g/mol. The van der Waals surface area contributed by atoms with Gasteiger partial charge in [-0.3, -0.25) is 0 Å². The van der Waals surface area contributed by atoms with Gasteiger partial charge in [-0.25, -0.2) is 0 Å². The van der Waals surface area contributed by atoms with Crippen LogP contribution < -0.4 is 9.47 Å². The number of rotatable bonds is 6. The van der Waals surface area contributed by atoms with E-state index >= 15 is 0 Å². The fourth-order valence-corrected chi connectivity index (χ4v) is 8.95. The van der Waals surface area contributed by atoms with Crippen LogP contribution in [0.3, 0.4) is 0 Å². The molecule has 0 aliphatic carbocycles. The van der Waals surface area contributed by atoms with Gasteiger partial charge in [0.05, 0.1) is 0 Å². The van der Waals surface area contributed by atoms with Crippen molar-refractivity contribution in [3.63, 3.8) is 0 Å². The Hall–Kier alpha value is -1.35. The summed E-state index contributed by atoms with van der Waals surface area (Å²) in [5.74, 6) is 0.999. The van der Waals surface area contributed by atoms with E-state index in [1.165, 1.54) is 62.8 Å². The Morgan fingerprint density at radius 3 is 1.52 bits per heavy atom. The Kier molecular flexibility index (Phi) is 5.51. The van der Waals surface area contributed by atoms with E-state index in [1.54, 1.807) is 0 Å². The number of halogens is 2. The summed E-state index contributed by atoms with van der Waals surface area (Å²) < 4.78 is 52.3. The summed E-state index contributed by atoms with van der Waals surface area (Å²) in [6.45, 7) is 0. The standard InChI is InChI=1S/C14H15FIO6P/c1-20-13-7-3-11(4-8-13)16(17,22-23(15,18)19)12-5-9-14(21-2)10-6-12/h3-10H,1-2H3,(H,18,19). The third kappa shape index (κ3) is 4.35. The normalized spacial score (nSPS) is 14.8. The molecule has 6 nitrogen and oxygen atoms in total. The van der Waals surface area contributed by atoms with Gasteiger partial charge in [0.2, 0.25) is 0 Å². The van der Waals surface area contributed by atoms with Crippen LogP contribution in [-0.4, -0.2) is 19.1 Å². The second-order valence-electron chi connectivity index (χ2n) is 4.30. The van der Waals surface area contributed by atoms with Crippen molar-refractivity contribution in [2.45, 2.75) is 0 Å². The van der Waals surface area contributed by atoms with Gasteiger partial charge in [-0.1, -0.05) is 0 Å². The molecule has 23 heavy (non-hydrogen) atoms. The zero-order chi connectivity index (χ0) is 17.1. The van der Waals surface area contributed by atoms with Crippen LogP contribution in [0.1, 0.15) is 0 Å². The summed E-state index contributed by atoms with van der Waals surface area (Å²) in [5.41, 5.74) is 0. The van der Waals surface area contributed by atoms with Crippen LogP contribution in [0.15, 0.2) is 48.5 Å². The maximum absolute atomic E-state index is 13.2. The fourth-order valence-electron chi connectivity index (χ4n) is 1.80. The van der Waals surface area contributed by atoms with Crippen molar-refractivity contribution < 1.29 is 29.1 Å². The summed E-state index contributed by atoms with van der Waals surface area (Å²) in [6, 6.07) is 11.7. The minimum atomic E-state index is -5.45. The van der Waals surface area contributed by atoms with Crippen molar-refractivity contribution in [3.05, 3.63) is 55.7 Å². The molecule has 0 aliphatic heterocycles. The molecule has 1 N–H and O–H groups in total. The van der Waals surface area contributed by atoms with Crippen molar-refractivity contribution in [2.75, 3.05) is 14.2 Å². The van der Waals surface area contributed by atoms with Crippen LogP contribution in [0, 0.1) is 7.14 Å². The van der Waals surface area contributed by atoms with Gasteiger partial charge in [0, 0.05) is 0 Å². The summed E-state index contributed by atoms with van der Waals surface area (Å²) in [5, 5.41) is 0. The Morgan fingerprint density at radius 1 is 0.913 bits per heavy atom. The van der Waals surface area contributed by atoms with Crippen LogP contribution in [-0.2, 0) is 10.5 Å². The molecule has 9 heteroatoms. The van der Waals surface area contributed by atoms with Gasteiger partial charge in [-0.05, 0) is 0 Å². The van der Waals surface area contributed by atoms with Gasteiger partial charge in [-0.15, -0.1) is 0 Å². The molecule has 1 unspecified atom stereocenters. The van der Waals surface area contributed by atoms with E-state index in [2.05, 4.69) is 2.85 Å². The summed E-state index contributed by atoms with van der Waals surface area (Å²) >= 11 is -4.98. The molecule has 0 radical (unpaired) electrons. The second-order valence-corrected chi connectivity index (χ2v) is 11.7. The zero-order valence-corrected chi connectivity index (χ0v) is 15.4. The van der Waals surface area contributed by atoms with Gasteiger partial charge < -0.3 is 0 Å². The van der Waals surface area contributed by atoms with Crippen LogP contribution in [0.25, 0.3) is 0 Å². The number of hydrogen-bond acceptors (Lipinski definition) is 5. The van der Waals surface area contributed by atoms with Crippen molar-refractivity contribution >= 4 is 26.7 Å². The van der Waals surface area contributed by atoms with Gasteiger partial charge in [-0.2, -0.15) is 0 Å². The van der Waals surface area contributed by atoms with E-state index < -0.39 is 26.7 Å². The summed E-state index contributed by atoms with van der Waals surface area (Å²) in [6.07, 6.45) is 0. The quantitative estimate of drug-likeness (QED) is 0.520. The Balaban J connectivity index is 2.54. The number of hydrogen-bond donors (Lipinski definition) is 1. The maximum atomic E-state index is 13.2. The Bertz CT molecular complexity index is 704. The Labute approximate surface area is 137 Å². The van der Waals surface area contributed by atoms with E-state index in [4.69, 9.17) is 14.4 Å². The van der Waals surface area contributed by atoms with Crippen molar-refractivity contribution in [1.29, 1.82) is 0 Å². The van der Waals surface area contributed by atoms with E-state index in [9.17, 15) is 11.8 Å². The van der Waals surface area contributed by atoms with Gasteiger partial charge in [0.1, 0.15) is 0 Å². The van der Waals surface area contributed by atoms with E-state index in [0.29, 0.717) is 11.5 Å². The molecule has 0 saturated heterocycles. The van der Waals surface area contributed by atoms with Gasteiger partial charge in [0.25, 0.3) is 0 Å². The predicted octanol–water partition coefficient (Wildman–Crippen LogP) is 4.13. The molecule has 0 spiro atoms. The van der Waals surface area contributed by atoms with Crippen molar-refractivity contribution in [2.24, 2.45) is 0 Å². The number of benzene rings is 2. The predicted molar refractivity (Wildman–Crippen MR) is 90.1 cm³/mol. The van der Waals surface area contributed by atoms with Crippen LogP contribution in [0.4, 0.5) is 4.20 Å². The van der Waals surface area contributed by atoms with Crippen molar-refractivity contribution in [3.8, 4) is 11.5 Å². The Morgan fingerprint density at radius 2 is 1.26 bits per heavy atom. The molecule has 2 rings (SSSR count). The first kappa shape index (κ1) is 18.0. The molecule has 0 bridgehead atoms. The SMILES string of the molecule is COc1ccc(I(=O)(OP(=O)(O)F)c2ccc(OC)cc2)cc1. The molecule has 0 amide bonds. The zero-order valence-electron chi connectivity index (χ0n) is 12.3. The van der Waals surface area contributed by atoms with E-state index in [-0.39, 0.29) is 7.14 Å². The minimum absolute atomic E-state index is 0.134.